The van der Waals surface area contributed by atoms with Gasteiger partial charge in [0, 0.05) is 6.04 Å². The molecule has 3 atom stereocenters. The molecule has 1 saturated heterocycles. The lowest BCUT2D eigenvalue weighted by molar-refractivity contribution is 0.242. The Labute approximate surface area is 86.8 Å². The molecule has 14 heavy (non-hydrogen) atoms. The van der Waals surface area contributed by atoms with Crippen molar-refractivity contribution >= 4 is 0 Å². The topological polar surface area (TPSA) is 24.1 Å². The maximum Gasteiger partial charge on any atom is 0.00705 e. The molecule has 2 nitrogen and oxygen atoms in total. The summed E-state index contributed by atoms with van der Waals surface area (Å²) in [6.07, 6.45) is 7.28. The van der Waals surface area contributed by atoms with Crippen molar-refractivity contribution in [1.29, 1.82) is 0 Å². The predicted octanol–water partition coefficient (Wildman–Crippen LogP) is 1.37. The average molecular weight is 194 g/mol. The third-order valence-electron chi connectivity index (χ3n) is 4.35. The van der Waals surface area contributed by atoms with Gasteiger partial charge in [-0.2, -0.15) is 0 Å². The van der Waals surface area contributed by atoms with Gasteiger partial charge in [-0.15, -0.1) is 0 Å². The Hall–Kier alpha value is -0.0800. The largest absolute Gasteiger partial charge is 0.316 e. The molecule has 0 aromatic carbocycles. The van der Waals surface area contributed by atoms with Crippen LogP contribution in [0.15, 0.2) is 0 Å². The van der Waals surface area contributed by atoms with E-state index in [0.29, 0.717) is 0 Å². The van der Waals surface area contributed by atoms with Crippen molar-refractivity contribution < 1.29 is 0 Å². The van der Waals surface area contributed by atoms with Crippen molar-refractivity contribution in [1.82, 2.24) is 10.6 Å². The van der Waals surface area contributed by atoms with E-state index >= 15 is 0 Å². The number of hydrogen-bond donors (Lipinski definition) is 2. The summed E-state index contributed by atoms with van der Waals surface area (Å²) < 4.78 is 0. The Bertz CT molecular complexity index is 200. The summed E-state index contributed by atoms with van der Waals surface area (Å²) in [6.45, 7) is 3.88. The van der Waals surface area contributed by atoms with Crippen LogP contribution in [0.2, 0.25) is 0 Å². The first kappa shape index (κ1) is 9.17. The normalized spacial score (nSPS) is 42.4. The second kappa shape index (κ2) is 3.82. The third-order valence-corrected chi connectivity index (χ3v) is 4.35. The van der Waals surface area contributed by atoms with E-state index < -0.39 is 0 Å². The van der Waals surface area contributed by atoms with E-state index in [4.69, 9.17) is 0 Å². The lowest BCUT2D eigenvalue weighted by Gasteiger charge is -2.31. The summed E-state index contributed by atoms with van der Waals surface area (Å²) in [5, 5.41) is 7.30. The summed E-state index contributed by atoms with van der Waals surface area (Å²) in [5.41, 5.74) is 0. The first-order chi connectivity index (χ1) is 6.92. The first-order valence-corrected chi connectivity index (χ1v) is 6.36. The third kappa shape index (κ3) is 1.96. The fourth-order valence-corrected chi connectivity index (χ4v) is 3.14. The van der Waals surface area contributed by atoms with E-state index in [9.17, 15) is 0 Å². The highest BCUT2D eigenvalue weighted by atomic mass is 15.0. The summed E-state index contributed by atoms with van der Waals surface area (Å²) in [5.74, 6) is 3.03. The Balaban J connectivity index is 1.46. The molecule has 0 bridgehead atoms. The summed E-state index contributed by atoms with van der Waals surface area (Å²) in [7, 11) is 0. The molecule has 0 amide bonds. The van der Waals surface area contributed by atoms with Gasteiger partial charge < -0.3 is 10.6 Å². The fourth-order valence-electron chi connectivity index (χ4n) is 3.14. The molecule has 3 unspecified atom stereocenters. The van der Waals surface area contributed by atoms with E-state index in [-0.39, 0.29) is 0 Å². The van der Waals surface area contributed by atoms with Gasteiger partial charge in [0.1, 0.15) is 0 Å². The molecule has 0 aromatic rings. The van der Waals surface area contributed by atoms with Crippen molar-refractivity contribution in [3.63, 3.8) is 0 Å². The highest BCUT2D eigenvalue weighted by Gasteiger charge is 2.34. The monoisotopic (exact) mass is 194 g/mol. The van der Waals surface area contributed by atoms with Crippen LogP contribution in [0.5, 0.6) is 0 Å². The zero-order valence-electron chi connectivity index (χ0n) is 8.97. The van der Waals surface area contributed by atoms with Crippen molar-refractivity contribution in [2.24, 2.45) is 17.8 Å². The number of fused-ring (bicyclic) bond motifs is 1. The van der Waals surface area contributed by atoms with Gasteiger partial charge in [0.25, 0.3) is 0 Å². The Morgan fingerprint density at radius 3 is 2.71 bits per heavy atom. The Morgan fingerprint density at radius 1 is 1.00 bits per heavy atom. The van der Waals surface area contributed by atoms with Crippen molar-refractivity contribution in [2.45, 2.75) is 38.1 Å². The van der Waals surface area contributed by atoms with Crippen LogP contribution in [-0.2, 0) is 0 Å². The van der Waals surface area contributed by atoms with Crippen molar-refractivity contribution in [3.8, 4) is 0 Å². The van der Waals surface area contributed by atoms with Gasteiger partial charge in [0.15, 0.2) is 0 Å². The van der Waals surface area contributed by atoms with Crippen LogP contribution < -0.4 is 10.6 Å². The van der Waals surface area contributed by atoms with Gasteiger partial charge in [0.2, 0.25) is 0 Å². The molecule has 0 spiro atoms. The van der Waals surface area contributed by atoms with Gasteiger partial charge in [-0.1, -0.05) is 0 Å². The number of nitrogens with one attached hydrogen (secondary N) is 2. The van der Waals surface area contributed by atoms with E-state index in [0.717, 1.165) is 23.8 Å². The quantitative estimate of drug-likeness (QED) is 0.709. The zero-order chi connectivity index (χ0) is 9.38. The van der Waals surface area contributed by atoms with Gasteiger partial charge in [0.05, 0.1) is 0 Å². The lowest BCUT2D eigenvalue weighted by Crippen LogP contribution is -2.38. The van der Waals surface area contributed by atoms with E-state index in [1.807, 2.05) is 0 Å². The molecule has 1 heterocycles. The van der Waals surface area contributed by atoms with Crippen LogP contribution in [-0.4, -0.2) is 25.7 Å². The van der Waals surface area contributed by atoms with Crippen LogP contribution in [0.1, 0.15) is 32.1 Å². The van der Waals surface area contributed by atoms with E-state index in [1.165, 1.54) is 51.7 Å². The molecule has 2 N–H and O–H groups in total. The highest BCUT2D eigenvalue weighted by molar-refractivity contribution is 4.90. The van der Waals surface area contributed by atoms with Crippen molar-refractivity contribution in [3.05, 3.63) is 0 Å². The second-order valence-corrected chi connectivity index (χ2v) is 5.54. The maximum absolute atomic E-state index is 3.77. The standard InChI is InChI=1S/C12H22N2/c1-2-9(1)6-14-12-4-3-10-7-13-8-11(10)5-12/h9-14H,1-8H2. The molecular formula is C12H22N2. The number of hydrogen-bond acceptors (Lipinski definition) is 2. The minimum atomic E-state index is 0.844. The molecule has 0 radical (unpaired) electrons. The van der Waals surface area contributed by atoms with Crippen LogP contribution in [0.25, 0.3) is 0 Å². The highest BCUT2D eigenvalue weighted by Crippen LogP contribution is 2.33. The zero-order valence-corrected chi connectivity index (χ0v) is 8.97. The van der Waals surface area contributed by atoms with Crippen molar-refractivity contribution in [2.75, 3.05) is 19.6 Å². The molecule has 2 aliphatic carbocycles. The number of rotatable bonds is 3. The van der Waals surface area contributed by atoms with Gasteiger partial charge >= 0.3 is 0 Å². The van der Waals surface area contributed by atoms with Gasteiger partial charge in [-0.3, -0.25) is 0 Å². The van der Waals surface area contributed by atoms with Crippen LogP contribution in [0, 0.1) is 17.8 Å². The molecule has 3 fully saturated rings. The Kier molecular flexibility index (Phi) is 2.50. The smallest absolute Gasteiger partial charge is 0.00705 e. The molecule has 0 aromatic heterocycles. The summed E-state index contributed by atoms with van der Waals surface area (Å²) in [4.78, 5) is 0. The lowest BCUT2D eigenvalue weighted by atomic mass is 9.79. The Morgan fingerprint density at radius 2 is 1.86 bits per heavy atom. The minimum absolute atomic E-state index is 0.844. The fraction of sp³-hybridized carbons (Fsp3) is 1.00. The van der Waals surface area contributed by atoms with Gasteiger partial charge in [-0.25, -0.2) is 0 Å². The van der Waals surface area contributed by atoms with Crippen LogP contribution in [0.3, 0.4) is 0 Å². The maximum atomic E-state index is 3.77. The molecule has 80 valence electrons. The van der Waals surface area contributed by atoms with Crippen LogP contribution >= 0.6 is 0 Å². The second-order valence-electron chi connectivity index (χ2n) is 5.54. The predicted molar refractivity (Wildman–Crippen MR) is 58.2 cm³/mol. The summed E-state index contributed by atoms with van der Waals surface area (Å²) >= 11 is 0. The summed E-state index contributed by atoms with van der Waals surface area (Å²) in [6, 6.07) is 0.844. The van der Waals surface area contributed by atoms with E-state index in [1.54, 1.807) is 0 Å². The molecule has 3 aliphatic rings. The van der Waals surface area contributed by atoms with Crippen LogP contribution in [0.4, 0.5) is 0 Å². The molecule has 3 rings (SSSR count). The molecule has 2 heteroatoms. The minimum Gasteiger partial charge on any atom is -0.316 e. The SMILES string of the molecule is C1CC1CNC1CCC2CNCC2C1. The molecule has 2 saturated carbocycles. The average Bonchev–Trinajstić information content (AvgIpc) is 2.92. The molecular weight excluding hydrogens is 172 g/mol. The van der Waals surface area contributed by atoms with Gasteiger partial charge in [-0.05, 0) is 69.5 Å². The molecule has 1 aliphatic heterocycles. The first-order valence-electron chi connectivity index (χ1n) is 6.36. The van der Waals surface area contributed by atoms with E-state index in [2.05, 4.69) is 10.6 Å².